The van der Waals surface area contributed by atoms with Crippen LogP contribution in [0.4, 0.5) is 17.1 Å². The van der Waals surface area contributed by atoms with Crippen molar-refractivity contribution in [3.8, 4) is 0 Å². The van der Waals surface area contributed by atoms with Crippen LogP contribution in [0.15, 0.2) is 89.1 Å². The van der Waals surface area contributed by atoms with E-state index in [4.69, 9.17) is 8.85 Å². The molecule has 0 heterocycles. The fourth-order valence-electron chi connectivity index (χ4n) is 3.29. The summed E-state index contributed by atoms with van der Waals surface area (Å²) in [7, 11) is 1.28. The summed E-state index contributed by atoms with van der Waals surface area (Å²) in [5.41, 5.74) is 2.74. The number of hydrogen-bond donors (Lipinski definition) is 0. The predicted octanol–water partition coefficient (Wildman–Crippen LogP) is 4.80. The molecule has 0 atom stereocenters. The molecule has 5 nitrogen and oxygen atoms in total. The maximum atomic E-state index is 6.30. The second kappa shape index (κ2) is 10.3. The van der Waals surface area contributed by atoms with E-state index in [2.05, 4.69) is 27.3 Å². The van der Waals surface area contributed by atoms with Crippen LogP contribution in [0.25, 0.3) is 0 Å². The fraction of sp³-hybridized carbons (Fsp3) is 0.250. The highest BCUT2D eigenvalue weighted by molar-refractivity contribution is 6.92. The van der Waals surface area contributed by atoms with Crippen molar-refractivity contribution in [2.24, 2.45) is 10.2 Å². The van der Waals surface area contributed by atoms with E-state index in [1.165, 1.54) is 0 Å². The van der Waals surface area contributed by atoms with Crippen LogP contribution < -0.4 is 15.3 Å². The Morgan fingerprint density at radius 3 is 1.60 bits per heavy atom. The van der Waals surface area contributed by atoms with Gasteiger partial charge in [-0.05, 0) is 60.6 Å². The van der Waals surface area contributed by atoms with Gasteiger partial charge in [-0.15, -0.1) is 0 Å². The van der Waals surface area contributed by atoms with E-state index in [0.717, 1.165) is 27.4 Å². The van der Waals surface area contributed by atoms with Gasteiger partial charge in [0.05, 0.1) is 11.4 Å². The molecule has 0 N–H and O–H groups in total. The summed E-state index contributed by atoms with van der Waals surface area (Å²) >= 11 is 0. The Kier molecular flexibility index (Phi) is 7.51. The largest absolute Gasteiger partial charge is 0.407 e. The molecular weight excluding hydrogens is 390 g/mol. The Labute approximate surface area is 180 Å². The topological polar surface area (TPSA) is 46.4 Å². The lowest BCUT2D eigenvalue weighted by atomic mass is 10.3. The van der Waals surface area contributed by atoms with Gasteiger partial charge in [0.25, 0.3) is 0 Å². The van der Waals surface area contributed by atoms with Gasteiger partial charge in [-0.3, -0.25) is 0 Å². The molecule has 3 rings (SSSR count). The number of azo groups is 1. The number of hydrogen-bond acceptors (Lipinski definition) is 5. The monoisotopic (exact) mass is 419 g/mol. The van der Waals surface area contributed by atoms with E-state index in [0.29, 0.717) is 13.2 Å². The molecule has 0 unspecified atom stereocenters. The smallest absolute Gasteiger partial charge is 0.388 e. The van der Waals surface area contributed by atoms with Crippen LogP contribution in [0.5, 0.6) is 0 Å². The molecule has 6 heteroatoms. The molecule has 0 aliphatic rings. The Bertz CT molecular complexity index is 936. The molecular formula is C24H29N3O2Si. The molecule has 0 aliphatic heterocycles. The van der Waals surface area contributed by atoms with Crippen molar-refractivity contribution >= 4 is 36.0 Å². The van der Waals surface area contributed by atoms with Gasteiger partial charge >= 0.3 is 8.56 Å². The number of nitrogens with zero attached hydrogens (tertiary/aromatic N) is 3. The Morgan fingerprint density at radius 2 is 1.13 bits per heavy atom. The zero-order valence-electron chi connectivity index (χ0n) is 18.1. The maximum Gasteiger partial charge on any atom is 0.407 e. The molecule has 0 spiro atoms. The average molecular weight is 420 g/mol. The third-order valence-electron chi connectivity index (χ3n) is 4.74. The summed E-state index contributed by atoms with van der Waals surface area (Å²) in [5.74, 6) is 0. The van der Waals surface area contributed by atoms with Gasteiger partial charge in [-0.2, -0.15) is 10.2 Å². The first kappa shape index (κ1) is 21.9. The zero-order valence-corrected chi connectivity index (χ0v) is 19.1. The van der Waals surface area contributed by atoms with E-state index in [1.807, 2.05) is 94.7 Å². The lowest BCUT2D eigenvalue weighted by Crippen LogP contribution is -2.63. The molecule has 0 radical (unpaired) electrons. The van der Waals surface area contributed by atoms with Crippen molar-refractivity contribution in [2.75, 3.05) is 32.2 Å². The predicted molar refractivity (Wildman–Crippen MR) is 126 cm³/mol. The molecule has 0 bridgehead atoms. The van der Waals surface area contributed by atoms with Crippen LogP contribution in [0, 0.1) is 0 Å². The average Bonchev–Trinajstić information content (AvgIpc) is 2.78. The van der Waals surface area contributed by atoms with Crippen LogP contribution in [0.1, 0.15) is 13.8 Å². The second-order valence-electron chi connectivity index (χ2n) is 7.01. The first-order chi connectivity index (χ1) is 14.6. The van der Waals surface area contributed by atoms with E-state index in [-0.39, 0.29) is 0 Å². The van der Waals surface area contributed by atoms with E-state index < -0.39 is 8.56 Å². The standard InChI is InChI=1S/C24H29N3O2Si/c1-5-28-30(29-6-2,23-10-8-7-9-11-23)24-18-14-21(15-19-24)26-25-20-12-16-22(17-13-20)27(3)4/h7-19H,5-6H2,1-4H3/b26-25+. The maximum absolute atomic E-state index is 6.30. The molecule has 0 aromatic heterocycles. The minimum atomic E-state index is -2.75. The quantitative estimate of drug-likeness (QED) is 0.370. The molecule has 0 aliphatic carbocycles. The normalized spacial score (nSPS) is 11.7. The summed E-state index contributed by atoms with van der Waals surface area (Å²) in [4.78, 5) is 2.05. The van der Waals surface area contributed by atoms with Gasteiger partial charge in [0.15, 0.2) is 0 Å². The third kappa shape index (κ3) is 5.02. The van der Waals surface area contributed by atoms with Crippen LogP contribution in [-0.2, 0) is 8.85 Å². The molecule has 0 amide bonds. The van der Waals surface area contributed by atoms with Crippen LogP contribution in [0.3, 0.4) is 0 Å². The Morgan fingerprint density at radius 1 is 0.667 bits per heavy atom. The summed E-state index contributed by atoms with van der Waals surface area (Å²) < 4.78 is 12.6. The molecule has 156 valence electrons. The van der Waals surface area contributed by atoms with Gasteiger partial charge < -0.3 is 13.8 Å². The highest BCUT2D eigenvalue weighted by Gasteiger charge is 2.42. The molecule has 0 saturated heterocycles. The SMILES string of the molecule is CCO[Si](OCC)(c1ccccc1)c1ccc(/N=N/c2ccc(N(C)C)cc2)cc1. The van der Waals surface area contributed by atoms with Gasteiger partial charge in [-0.1, -0.05) is 42.5 Å². The minimum absolute atomic E-state index is 0.589. The molecule has 0 fully saturated rings. The van der Waals surface area contributed by atoms with Crippen molar-refractivity contribution in [2.45, 2.75) is 13.8 Å². The summed E-state index contributed by atoms with van der Waals surface area (Å²) in [6.45, 7) is 5.19. The highest BCUT2D eigenvalue weighted by atomic mass is 28.4. The van der Waals surface area contributed by atoms with Gasteiger partial charge in [0.1, 0.15) is 0 Å². The van der Waals surface area contributed by atoms with E-state index >= 15 is 0 Å². The van der Waals surface area contributed by atoms with Crippen molar-refractivity contribution < 1.29 is 8.85 Å². The number of rotatable bonds is 9. The zero-order chi connectivity index (χ0) is 21.4. The van der Waals surface area contributed by atoms with Crippen LogP contribution in [0.2, 0.25) is 0 Å². The summed E-state index contributed by atoms with van der Waals surface area (Å²) in [6.07, 6.45) is 0. The first-order valence-corrected chi connectivity index (χ1v) is 12.0. The minimum Gasteiger partial charge on any atom is -0.388 e. The summed E-state index contributed by atoms with van der Waals surface area (Å²) in [6, 6.07) is 26.3. The summed E-state index contributed by atoms with van der Waals surface area (Å²) in [5, 5.41) is 10.9. The van der Waals surface area contributed by atoms with Crippen LogP contribution in [-0.4, -0.2) is 35.9 Å². The number of benzene rings is 3. The Balaban J connectivity index is 1.86. The van der Waals surface area contributed by atoms with E-state index in [9.17, 15) is 0 Å². The Hall–Kier alpha value is -2.80. The van der Waals surface area contributed by atoms with Gasteiger partial charge in [0.2, 0.25) is 0 Å². The molecule has 3 aromatic carbocycles. The van der Waals surface area contributed by atoms with Crippen molar-refractivity contribution in [1.29, 1.82) is 0 Å². The highest BCUT2D eigenvalue weighted by Crippen LogP contribution is 2.21. The van der Waals surface area contributed by atoms with E-state index in [1.54, 1.807) is 0 Å². The first-order valence-electron chi connectivity index (χ1n) is 10.2. The fourth-order valence-corrected chi connectivity index (χ4v) is 6.42. The molecule has 30 heavy (non-hydrogen) atoms. The lowest BCUT2D eigenvalue weighted by Gasteiger charge is -2.30. The molecule has 3 aromatic rings. The van der Waals surface area contributed by atoms with Gasteiger partial charge in [0, 0.05) is 33.0 Å². The second-order valence-corrected chi connectivity index (χ2v) is 9.97. The van der Waals surface area contributed by atoms with Crippen LogP contribution >= 0.6 is 0 Å². The lowest BCUT2D eigenvalue weighted by molar-refractivity contribution is 0.208. The third-order valence-corrected chi connectivity index (χ3v) is 8.32. The van der Waals surface area contributed by atoms with Crippen molar-refractivity contribution in [1.82, 2.24) is 0 Å². The number of anilines is 1. The van der Waals surface area contributed by atoms with Crippen molar-refractivity contribution in [3.63, 3.8) is 0 Å². The van der Waals surface area contributed by atoms with Gasteiger partial charge in [-0.25, -0.2) is 0 Å². The van der Waals surface area contributed by atoms with Crippen molar-refractivity contribution in [3.05, 3.63) is 78.9 Å². The molecule has 0 saturated carbocycles.